The smallest absolute Gasteiger partial charge is 0.199 e. The van der Waals surface area contributed by atoms with Crippen molar-refractivity contribution < 1.29 is 9.47 Å². The van der Waals surface area contributed by atoms with Crippen LogP contribution < -0.4 is 0 Å². The zero-order valence-corrected chi connectivity index (χ0v) is 13.0. The molecule has 0 N–H and O–H groups in total. The molecule has 2 heterocycles. The molecule has 4 nitrogen and oxygen atoms in total. The quantitative estimate of drug-likeness (QED) is 0.784. The summed E-state index contributed by atoms with van der Waals surface area (Å²) >= 11 is 0. The number of hydrogen-bond acceptors (Lipinski definition) is 4. The Labute approximate surface area is 116 Å². The molecule has 0 aliphatic carbocycles. The Bertz CT molecular complexity index is 382. The number of rotatable bonds is 4. The molecule has 0 saturated carbocycles. The summed E-state index contributed by atoms with van der Waals surface area (Å²) in [7, 11) is 0. The highest BCUT2D eigenvalue weighted by atomic mass is 16.5. The lowest BCUT2D eigenvalue weighted by molar-refractivity contribution is 0.225. The molecule has 0 aromatic carbocycles. The van der Waals surface area contributed by atoms with Gasteiger partial charge < -0.3 is 9.47 Å². The van der Waals surface area contributed by atoms with Crippen LogP contribution in [0.4, 0.5) is 0 Å². The second kappa shape index (κ2) is 4.50. The van der Waals surface area contributed by atoms with Gasteiger partial charge in [0.2, 0.25) is 0 Å². The lowest BCUT2D eigenvalue weighted by atomic mass is 9.81. The minimum Gasteiger partial charge on any atom is -0.478 e. The van der Waals surface area contributed by atoms with Crippen LogP contribution in [0.2, 0.25) is 0 Å². The van der Waals surface area contributed by atoms with Gasteiger partial charge in [-0.15, -0.1) is 0 Å². The fourth-order valence-electron chi connectivity index (χ4n) is 2.61. The maximum absolute atomic E-state index is 5.89. The van der Waals surface area contributed by atoms with Gasteiger partial charge in [-0.1, -0.05) is 13.8 Å². The van der Waals surface area contributed by atoms with E-state index in [9.17, 15) is 0 Å². The lowest BCUT2D eigenvalue weighted by Crippen LogP contribution is -2.39. The summed E-state index contributed by atoms with van der Waals surface area (Å²) in [6.07, 6.45) is 1.79. The fourth-order valence-corrected chi connectivity index (χ4v) is 2.61. The molecule has 4 heteroatoms. The number of nitrogens with zero attached hydrogens (tertiary/aromatic N) is 2. The summed E-state index contributed by atoms with van der Waals surface area (Å²) in [5, 5.41) is 0. The SMILES string of the molecule is CCC(CC)(C1=NC(C)(C)CO1)C1=NC(C)(C)CO1. The van der Waals surface area contributed by atoms with Gasteiger partial charge in [0, 0.05) is 0 Å². The Morgan fingerprint density at radius 3 is 1.47 bits per heavy atom. The molecular formula is C15H26N2O2. The summed E-state index contributed by atoms with van der Waals surface area (Å²) in [4.78, 5) is 9.52. The second-order valence-electron chi connectivity index (χ2n) is 6.83. The van der Waals surface area contributed by atoms with Crippen molar-refractivity contribution >= 4 is 11.8 Å². The van der Waals surface area contributed by atoms with Gasteiger partial charge in [-0.05, 0) is 40.5 Å². The summed E-state index contributed by atoms with van der Waals surface area (Å²) in [6.45, 7) is 14.0. The monoisotopic (exact) mass is 266 g/mol. The average molecular weight is 266 g/mol. The Balaban J connectivity index is 2.40. The molecule has 0 fully saturated rings. The van der Waals surface area contributed by atoms with E-state index >= 15 is 0 Å². The maximum atomic E-state index is 5.89. The molecule has 19 heavy (non-hydrogen) atoms. The van der Waals surface area contributed by atoms with E-state index in [1.807, 2.05) is 0 Å². The van der Waals surface area contributed by atoms with E-state index in [1.54, 1.807) is 0 Å². The highest BCUT2D eigenvalue weighted by Crippen LogP contribution is 2.39. The van der Waals surface area contributed by atoms with Gasteiger partial charge in [-0.3, -0.25) is 0 Å². The van der Waals surface area contributed by atoms with Crippen molar-refractivity contribution in [3.63, 3.8) is 0 Å². The molecular weight excluding hydrogens is 240 g/mol. The first-order valence-corrected chi connectivity index (χ1v) is 7.21. The molecule has 0 unspecified atom stereocenters. The van der Waals surface area contributed by atoms with Crippen LogP contribution in [0, 0.1) is 5.41 Å². The van der Waals surface area contributed by atoms with Crippen LogP contribution in [0.1, 0.15) is 54.4 Å². The van der Waals surface area contributed by atoms with E-state index in [-0.39, 0.29) is 16.5 Å². The minimum atomic E-state index is -0.290. The highest BCUT2D eigenvalue weighted by molar-refractivity contribution is 6.06. The number of hydrogen-bond donors (Lipinski definition) is 0. The van der Waals surface area contributed by atoms with Crippen LogP contribution in [0.3, 0.4) is 0 Å². The van der Waals surface area contributed by atoms with E-state index in [2.05, 4.69) is 41.5 Å². The third-order valence-electron chi connectivity index (χ3n) is 3.96. The van der Waals surface area contributed by atoms with Gasteiger partial charge in [0.05, 0.1) is 11.1 Å². The summed E-state index contributed by atoms with van der Waals surface area (Å²) < 4.78 is 11.8. The molecule has 0 saturated heterocycles. The molecule has 0 spiro atoms. The van der Waals surface area contributed by atoms with Gasteiger partial charge in [0.15, 0.2) is 11.8 Å². The van der Waals surface area contributed by atoms with Crippen molar-refractivity contribution in [3.8, 4) is 0 Å². The maximum Gasteiger partial charge on any atom is 0.199 e. The third kappa shape index (κ3) is 2.49. The zero-order valence-electron chi connectivity index (χ0n) is 13.0. The van der Waals surface area contributed by atoms with Crippen molar-refractivity contribution in [1.29, 1.82) is 0 Å². The number of aliphatic imine (C=N–C) groups is 2. The van der Waals surface area contributed by atoms with E-state index in [4.69, 9.17) is 19.5 Å². The Morgan fingerprint density at radius 2 is 1.26 bits per heavy atom. The van der Waals surface area contributed by atoms with Crippen LogP contribution in [0.25, 0.3) is 0 Å². The standard InChI is InChI=1S/C15H26N2O2/c1-7-15(8-2,11-16-13(3,4)9-18-11)12-17-14(5,6)10-19-12/h7-10H2,1-6H3. The summed E-state index contributed by atoms with van der Waals surface area (Å²) in [5.74, 6) is 1.61. The molecule has 2 aliphatic rings. The lowest BCUT2D eigenvalue weighted by Gasteiger charge is -2.29. The predicted octanol–water partition coefficient (Wildman–Crippen LogP) is 3.21. The molecule has 0 bridgehead atoms. The van der Waals surface area contributed by atoms with Crippen LogP contribution in [-0.2, 0) is 9.47 Å². The minimum absolute atomic E-state index is 0.139. The van der Waals surface area contributed by atoms with E-state index in [1.165, 1.54) is 0 Å². The van der Waals surface area contributed by atoms with E-state index in [0.29, 0.717) is 13.2 Å². The van der Waals surface area contributed by atoms with Crippen LogP contribution in [0.15, 0.2) is 9.98 Å². The molecule has 2 aliphatic heterocycles. The van der Waals surface area contributed by atoms with Crippen molar-refractivity contribution in [3.05, 3.63) is 0 Å². The molecule has 0 radical (unpaired) electrons. The van der Waals surface area contributed by atoms with Gasteiger partial charge in [-0.25, -0.2) is 9.98 Å². The van der Waals surface area contributed by atoms with E-state index < -0.39 is 0 Å². The normalized spacial score (nSPS) is 24.5. The van der Waals surface area contributed by atoms with Crippen molar-refractivity contribution in [2.24, 2.45) is 15.4 Å². The first kappa shape index (κ1) is 14.4. The molecule has 0 amide bonds. The van der Waals surface area contributed by atoms with E-state index in [0.717, 1.165) is 24.6 Å². The topological polar surface area (TPSA) is 43.2 Å². The van der Waals surface area contributed by atoms with Crippen molar-refractivity contribution in [2.75, 3.05) is 13.2 Å². The average Bonchev–Trinajstić information content (AvgIpc) is 2.85. The number of ether oxygens (including phenoxy) is 2. The molecule has 108 valence electrons. The van der Waals surface area contributed by atoms with Gasteiger partial charge in [0.1, 0.15) is 18.6 Å². The van der Waals surface area contributed by atoms with Gasteiger partial charge >= 0.3 is 0 Å². The fraction of sp³-hybridized carbons (Fsp3) is 0.867. The van der Waals surface area contributed by atoms with Gasteiger partial charge in [0.25, 0.3) is 0 Å². The first-order chi connectivity index (χ1) is 8.75. The van der Waals surface area contributed by atoms with Crippen LogP contribution in [-0.4, -0.2) is 36.1 Å². The Hall–Kier alpha value is -1.06. The predicted molar refractivity (Wildman–Crippen MR) is 77.9 cm³/mol. The van der Waals surface area contributed by atoms with Crippen molar-refractivity contribution in [2.45, 2.75) is 65.5 Å². The molecule has 0 aromatic rings. The summed E-state index contributed by atoms with van der Waals surface area (Å²) in [6, 6.07) is 0. The molecule has 0 atom stereocenters. The largest absolute Gasteiger partial charge is 0.478 e. The highest BCUT2D eigenvalue weighted by Gasteiger charge is 2.48. The van der Waals surface area contributed by atoms with Crippen LogP contribution >= 0.6 is 0 Å². The molecule has 2 rings (SSSR count). The Morgan fingerprint density at radius 1 is 0.895 bits per heavy atom. The Kier molecular flexibility index (Phi) is 3.40. The van der Waals surface area contributed by atoms with Crippen LogP contribution in [0.5, 0.6) is 0 Å². The second-order valence-corrected chi connectivity index (χ2v) is 6.83. The third-order valence-corrected chi connectivity index (χ3v) is 3.96. The first-order valence-electron chi connectivity index (χ1n) is 7.21. The van der Waals surface area contributed by atoms with Gasteiger partial charge in [-0.2, -0.15) is 0 Å². The zero-order chi connectivity index (χ0) is 14.3. The van der Waals surface area contributed by atoms with Crippen molar-refractivity contribution in [1.82, 2.24) is 0 Å². The molecule has 0 aromatic heterocycles. The summed E-state index contributed by atoms with van der Waals surface area (Å²) in [5.41, 5.74) is -0.569.